The van der Waals surface area contributed by atoms with Gasteiger partial charge in [-0.05, 0) is 23.8 Å². The smallest absolute Gasteiger partial charge is 0.224 e. The van der Waals surface area contributed by atoms with Crippen LogP contribution in [0.5, 0.6) is 5.75 Å². The summed E-state index contributed by atoms with van der Waals surface area (Å²) in [6, 6.07) is 7.17. The molecule has 0 atom stereocenters. The molecule has 9 nitrogen and oxygen atoms in total. The number of hydrogen-bond donors (Lipinski definition) is 3. The Balaban J connectivity index is 2.14. The number of nitrogens with zero attached hydrogens (tertiary/aromatic N) is 4. The minimum Gasteiger partial charge on any atom is -0.494 e. The zero-order valence-corrected chi connectivity index (χ0v) is 13.3. The molecule has 0 radical (unpaired) electrons. The first kappa shape index (κ1) is 17.0. The van der Waals surface area contributed by atoms with E-state index in [-0.39, 0.29) is 17.3 Å². The van der Waals surface area contributed by atoms with Crippen LogP contribution in [0.3, 0.4) is 0 Å². The molecular formula is C15H17N7O2. The van der Waals surface area contributed by atoms with Crippen molar-refractivity contribution in [2.24, 2.45) is 0 Å². The number of H-pyrrole nitrogens is 1. The van der Waals surface area contributed by atoms with E-state index in [4.69, 9.17) is 10.00 Å². The van der Waals surface area contributed by atoms with Crippen molar-refractivity contribution >= 4 is 22.9 Å². The third kappa shape index (κ3) is 4.30. The summed E-state index contributed by atoms with van der Waals surface area (Å²) >= 11 is 0. The van der Waals surface area contributed by atoms with E-state index in [2.05, 4.69) is 31.3 Å². The lowest BCUT2D eigenvalue weighted by molar-refractivity contribution is -0.116. The van der Waals surface area contributed by atoms with Crippen LogP contribution >= 0.6 is 0 Å². The number of nitrogens with one attached hydrogen (secondary N) is 3. The molecule has 0 saturated carbocycles. The number of rotatable bonds is 7. The SMILES string of the molecule is CCCC(=O)Nc1ccc(NC=C(C#N)c2nn[nH]n2)cc1OC. The van der Waals surface area contributed by atoms with Gasteiger partial charge in [-0.3, -0.25) is 4.79 Å². The van der Waals surface area contributed by atoms with Crippen molar-refractivity contribution in [1.82, 2.24) is 20.6 Å². The number of nitriles is 1. The molecule has 0 bridgehead atoms. The molecule has 2 aromatic rings. The maximum Gasteiger partial charge on any atom is 0.224 e. The van der Waals surface area contributed by atoms with E-state index in [1.807, 2.05) is 13.0 Å². The molecule has 1 aromatic heterocycles. The van der Waals surface area contributed by atoms with Crippen molar-refractivity contribution in [2.75, 3.05) is 17.7 Å². The molecule has 24 heavy (non-hydrogen) atoms. The molecule has 3 N–H and O–H groups in total. The topological polar surface area (TPSA) is 129 Å². The zero-order valence-electron chi connectivity index (χ0n) is 13.3. The predicted octanol–water partition coefficient (Wildman–Crippen LogP) is 1.92. The second-order valence-electron chi connectivity index (χ2n) is 4.76. The van der Waals surface area contributed by atoms with Gasteiger partial charge < -0.3 is 15.4 Å². The number of benzene rings is 1. The van der Waals surface area contributed by atoms with E-state index in [1.165, 1.54) is 13.3 Å². The van der Waals surface area contributed by atoms with Crippen LogP contribution in [0.4, 0.5) is 11.4 Å². The van der Waals surface area contributed by atoms with Crippen molar-refractivity contribution in [3.05, 3.63) is 30.2 Å². The van der Waals surface area contributed by atoms with Gasteiger partial charge in [-0.25, -0.2) is 0 Å². The fourth-order valence-corrected chi connectivity index (χ4v) is 1.90. The number of allylic oxidation sites excluding steroid dienone is 1. The number of carbonyl (C=O) groups excluding carboxylic acids is 1. The van der Waals surface area contributed by atoms with E-state index in [0.717, 1.165) is 6.42 Å². The number of anilines is 2. The van der Waals surface area contributed by atoms with Crippen LogP contribution in [0.1, 0.15) is 25.6 Å². The first-order valence-corrected chi connectivity index (χ1v) is 7.26. The van der Waals surface area contributed by atoms with Gasteiger partial charge >= 0.3 is 0 Å². The molecule has 1 aromatic carbocycles. The lowest BCUT2D eigenvalue weighted by atomic mass is 10.2. The highest BCUT2D eigenvalue weighted by molar-refractivity contribution is 5.92. The molecule has 0 aliphatic heterocycles. The Bertz CT molecular complexity index is 763. The summed E-state index contributed by atoms with van der Waals surface area (Å²) in [7, 11) is 1.52. The first-order chi connectivity index (χ1) is 11.7. The second-order valence-corrected chi connectivity index (χ2v) is 4.76. The van der Waals surface area contributed by atoms with Gasteiger partial charge in [0.25, 0.3) is 0 Å². The molecule has 0 aliphatic rings. The molecular weight excluding hydrogens is 310 g/mol. The lowest BCUT2D eigenvalue weighted by Crippen LogP contribution is -2.11. The highest BCUT2D eigenvalue weighted by Crippen LogP contribution is 2.28. The molecule has 2 rings (SSSR count). The number of carbonyl (C=O) groups is 1. The summed E-state index contributed by atoms with van der Waals surface area (Å²) in [6.07, 6.45) is 2.68. The van der Waals surface area contributed by atoms with E-state index >= 15 is 0 Å². The number of hydrogen-bond acceptors (Lipinski definition) is 7. The largest absolute Gasteiger partial charge is 0.494 e. The fourth-order valence-electron chi connectivity index (χ4n) is 1.90. The summed E-state index contributed by atoms with van der Waals surface area (Å²) in [5, 5.41) is 28.1. The third-order valence-corrected chi connectivity index (χ3v) is 3.04. The Labute approximate surface area is 138 Å². The average Bonchev–Trinajstić information content (AvgIpc) is 3.11. The number of aromatic amines is 1. The van der Waals surface area contributed by atoms with Crippen molar-refractivity contribution in [2.45, 2.75) is 19.8 Å². The third-order valence-electron chi connectivity index (χ3n) is 3.04. The molecule has 1 heterocycles. The van der Waals surface area contributed by atoms with E-state index in [0.29, 0.717) is 23.5 Å². The van der Waals surface area contributed by atoms with Gasteiger partial charge in [0, 0.05) is 24.4 Å². The van der Waals surface area contributed by atoms with Crippen molar-refractivity contribution < 1.29 is 9.53 Å². The second kappa shape index (κ2) is 8.28. The van der Waals surface area contributed by atoms with Crippen LogP contribution in [0.2, 0.25) is 0 Å². The van der Waals surface area contributed by atoms with Crippen molar-refractivity contribution in [3.8, 4) is 11.8 Å². The Morgan fingerprint density at radius 2 is 2.33 bits per heavy atom. The van der Waals surface area contributed by atoms with E-state index in [1.54, 1.807) is 18.2 Å². The first-order valence-electron chi connectivity index (χ1n) is 7.26. The Morgan fingerprint density at radius 1 is 1.50 bits per heavy atom. The zero-order chi connectivity index (χ0) is 17.4. The highest BCUT2D eigenvalue weighted by atomic mass is 16.5. The monoisotopic (exact) mass is 327 g/mol. The van der Waals surface area contributed by atoms with Crippen molar-refractivity contribution in [1.29, 1.82) is 5.26 Å². The van der Waals surface area contributed by atoms with Crippen LogP contribution in [0.15, 0.2) is 24.4 Å². The molecule has 0 saturated heterocycles. The standard InChI is InChI=1S/C15H17N7O2/c1-3-4-14(23)18-12-6-5-11(7-13(12)24-2)17-9-10(8-16)15-19-21-22-20-15/h5-7,9,17H,3-4H2,1-2H3,(H,18,23)(H,19,20,21,22). The Morgan fingerprint density at radius 3 is 2.96 bits per heavy atom. The highest BCUT2D eigenvalue weighted by Gasteiger charge is 2.09. The average molecular weight is 327 g/mol. The van der Waals surface area contributed by atoms with Crippen LogP contribution in [-0.4, -0.2) is 33.6 Å². The van der Waals surface area contributed by atoms with Gasteiger partial charge in [0.1, 0.15) is 17.4 Å². The van der Waals surface area contributed by atoms with E-state index < -0.39 is 0 Å². The Hall–Kier alpha value is -3.41. The summed E-state index contributed by atoms with van der Waals surface area (Å²) in [6.45, 7) is 1.94. The molecule has 0 unspecified atom stereocenters. The molecule has 0 spiro atoms. The number of ether oxygens (including phenoxy) is 1. The molecule has 124 valence electrons. The summed E-state index contributed by atoms with van der Waals surface area (Å²) in [4.78, 5) is 11.7. The van der Waals surface area contributed by atoms with Gasteiger partial charge in [-0.1, -0.05) is 6.92 Å². The van der Waals surface area contributed by atoms with Crippen LogP contribution in [0.25, 0.3) is 5.57 Å². The molecule has 0 fully saturated rings. The number of aromatic nitrogens is 4. The van der Waals surface area contributed by atoms with Crippen LogP contribution in [0, 0.1) is 11.3 Å². The van der Waals surface area contributed by atoms with Crippen LogP contribution in [-0.2, 0) is 4.79 Å². The fraction of sp³-hybridized carbons (Fsp3) is 0.267. The Kier molecular flexibility index (Phi) is 5.85. The minimum atomic E-state index is -0.0692. The maximum atomic E-state index is 11.7. The maximum absolute atomic E-state index is 11.7. The van der Waals surface area contributed by atoms with E-state index in [9.17, 15) is 4.79 Å². The number of methoxy groups -OCH3 is 1. The molecule has 1 amide bonds. The minimum absolute atomic E-state index is 0.0692. The predicted molar refractivity (Wildman–Crippen MR) is 87.9 cm³/mol. The number of amides is 1. The molecule has 0 aliphatic carbocycles. The summed E-state index contributed by atoms with van der Waals surface area (Å²) in [5.74, 6) is 0.636. The van der Waals surface area contributed by atoms with Gasteiger partial charge in [-0.2, -0.15) is 10.5 Å². The summed E-state index contributed by atoms with van der Waals surface area (Å²) < 4.78 is 5.29. The number of tetrazole rings is 1. The van der Waals surface area contributed by atoms with Gasteiger partial charge in [0.2, 0.25) is 11.7 Å². The quantitative estimate of drug-likeness (QED) is 0.662. The molecule has 9 heteroatoms. The normalized spacial score (nSPS) is 10.8. The van der Waals surface area contributed by atoms with Gasteiger partial charge in [-0.15, -0.1) is 10.2 Å². The van der Waals surface area contributed by atoms with Crippen LogP contribution < -0.4 is 15.4 Å². The summed E-state index contributed by atoms with van der Waals surface area (Å²) in [5.41, 5.74) is 1.49. The lowest BCUT2D eigenvalue weighted by Gasteiger charge is -2.12. The van der Waals surface area contributed by atoms with Crippen molar-refractivity contribution in [3.63, 3.8) is 0 Å². The van der Waals surface area contributed by atoms with Gasteiger partial charge in [0.05, 0.1) is 12.8 Å². The van der Waals surface area contributed by atoms with Gasteiger partial charge in [0.15, 0.2) is 0 Å².